The lowest BCUT2D eigenvalue weighted by Gasteiger charge is -2.64. The normalized spacial score (nSPS) is 35.2. The lowest BCUT2D eigenvalue weighted by Crippen LogP contribution is -2.63. The third kappa shape index (κ3) is 9.54. The van der Waals surface area contributed by atoms with E-state index in [4.69, 9.17) is 30.4 Å². The van der Waals surface area contributed by atoms with Gasteiger partial charge in [0.2, 0.25) is 0 Å². The molecule has 11 heteroatoms. The van der Waals surface area contributed by atoms with Crippen molar-refractivity contribution in [3.05, 3.63) is 0 Å². The fourth-order valence-electron chi connectivity index (χ4n) is 10.5. The van der Waals surface area contributed by atoms with Crippen LogP contribution in [0.3, 0.4) is 0 Å². The van der Waals surface area contributed by atoms with E-state index in [0.717, 1.165) is 70.6 Å². The number of halogens is 1. The fourth-order valence-corrected chi connectivity index (χ4v) is 12.0. The van der Waals surface area contributed by atoms with Crippen molar-refractivity contribution in [2.75, 3.05) is 19.7 Å². The maximum atomic E-state index is 13.2. The third-order valence-corrected chi connectivity index (χ3v) is 14.6. The van der Waals surface area contributed by atoms with Crippen molar-refractivity contribution in [1.29, 1.82) is 0 Å². The highest BCUT2D eigenvalue weighted by Crippen LogP contribution is 2.69. The Hall–Kier alpha value is -1.47. The van der Waals surface area contributed by atoms with Crippen molar-refractivity contribution >= 4 is 46.5 Å². The monoisotopic (exact) mass is 816 g/mol. The van der Waals surface area contributed by atoms with Crippen LogP contribution < -0.4 is 11.5 Å². The van der Waals surface area contributed by atoms with E-state index in [9.17, 15) is 19.2 Å². The van der Waals surface area contributed by atoms with Crippen LogP contribution in [-0.4, -0.2) is 65.8 Å². The molecule has 4 aliphatic carbocycles. The minimum absolute atomic E-state index is 0.0857. The van der Waals surface area contributed by atoms with Crippen LogP contribution in [0.5, 0.6) is 0 Å². The molecule has 50 heavy (non-hydrogen) atoms. The summed E-state index contributed by atoms with van der Waals surface area (Å²) in [6, 6.07) is 0. The van der Waals surface area contributed by atoms with E-state index in [1.165, 1.54) is 0 Å². The number of unbranched alkanes of at least 4 members (excludes halogenated alkanes) is 3. The number of rotatable bonds is 18. The number of nitrogens with two attached hydrogens (primary N) is 2. The summed E-state index contributed by atoms with van der Waals surface area (Å²) < 4.78 is 24.6. The summed E-state index contributed by atoms with van der Waals surface area (Å²) in [6.07, 6.45) is 11.8. The third-order valence-electron chi connectivity index (χ3n) is 13.1. The smallest absolute Gasteiger partial charge is 0.307 e. The van der Waals surface area contributed by atoms with Gasteiger partial charge in [-0.05, 0) is 93.3 Å². The van der Waals surface area contributed by atoms with Crippen LogP contribution in [-0.2, 0) is 38.1 Å². The summed E-state index contributed by atoms with van der Waals surface area (Å²) in [5.41, 5.74) is 11.0. The van der Waals surface area contributed by atoms with E-state index in [2.05, 4.69) is 43.4 Å². The van der Waals surface area contributed by atoms with Gasteiger partial charge in [0, 0.05) is 41.2 Å². The van der Waals surface area contributed by atoms with Gasteiger partial charge < -0.3 is 30.4 Å². The lowest BCUT2D eigenvalue weighted by atomic mass is 9.43. The van der Waals surface area contributed by atoms with Crippen LogP contribution in [0.4, 0.5) is 0 Å². The summed E-state index contributed by atoms with van der Waals surface area (Å²) in [5.74, 6) is 0.0713. The summed E-state index contributed by atoms with van der Waals surface area (Å²) in [5, 5.41) is 0. The van der Waals surface area contributed by atoms with Crippen molar-refractivity contribution in [3.8, 4) is 0 Å². The first-order valence-corrected chi connectivity index (χ1v) is 21.0. The highest BCUT2D eigenvalue weighted by Gasteiger charge is 2.68. The van der Waals surface area contributed by atoms with Crippen LogP contribution in [0.15, 0.2) is 0 Å². The summed E-state index contributed by atoms with van der Waals surface area (Å²) in [4.78, 5) is 51.5. The van der Waals surface area contributed by atoms with E-state index in [1.54, 1.807) is 0 Å². The van der Waals surface area contributed by atoms with Crippen molar-refractivity contribution in [2.45, 2.75) is 159 Å². The Kier molecular flexibility index (Phi) is 15.7. The molecule has 4 N–H and O–H groups in total. The Morgan fingerprint density at radius 2 is 1.46 bits per heavy atom. The molecule has 286 valence electrons. The summed E-state index contributed by atoms with van der Waals surface area (Å²) in [7, 11) is 0. The summed E-state index contributed by atoms with van der Waals surface area (Å²) >= 11 is 2.52. The molecular weight excluding hydrogens is 751 g/mol. The molecule has 4 fully saturated rings. The molecule has 0 heterocycles. The Bertz CT molecular complexity index is 1160. The van der Waals surface area contributed by atoms with Gasteiger partial charge >= 0.3 is 23.9 Å². The molecular formula is C39H65IN2O8. The van der Waals surface area contributed by atoms with Crippen molar-refractivity contribution in [2.24, 2.45) is 51.9 Å². The van der Waals surface area contributed by atoms with Gasteiger partial charge in [-0.1, -0.05) is 69.5 Å². The van der Waals surface area contributed by atoms with Crippen molar-refractivity contribution < 1.29 is 38.1 Å². The number of ether oxygens (including phenoxy) is 4. The number of carbonyl (C=O) groups is 4. The molecule has 0 amide bonds. The molecule has 0 aromatic carbocycles. The molecule has 11 atom stereocenters. The minimum Gasteiger partial charge on any atom is -0.466 e. The molecule has 10 nitrogen and oxygen atoms in total. The molecule has 0 aromatic rings. The van der Waals surface area contributed by atoms with Crippen molar-refractivity contribution in [1.82, 2.24) is 0 Å². The van der Waals surface area contributed by atoms with Gasteiger partial charge in [-0.25, -0.2) is 0 Å². The van der Waals surface area contributed by atoms with Crippen molar-refractivity contribution in [3.63, 3.8) is 0 Å². The zero-order valence-corrected chi connectivity index (χ0v) is 33.3. The zero-order valence-electron chi connectivity index (χ0n) is 31.1. The first-order chi connectivity index (χ1) is 23.9. The molecule has 0 aliphatic heterocycles. The van der Waals surface area contributed by atoms with Crippen LogP contribution in [0, 0.1) is 40.4 Å². The molecule has 0 radical (unpaired) electrons. The predicted octanol–water partition coefficient (Wildman–Crippen LogP) is 6.81. The maximum absolute atomic E-state index is 13.2. The van der Waals surface area contributed by atoms with E-state index in [-0.39, 0.29) is 112 Å². The largest absolute Gasteiger partial charge is 0.466 e. The van der Waals surface area contributed by atoms with Gasteiger partial charge in [-0.15, -0.1) is 0 Å². The topological polar surface area (TPSA) is 157 Å². The number of hydrogen-bond acceptors (Lipinski definition) is 10. The van der Waals surface area contributed by atoms with Crippen LogP contribution in [0.2, 0.25) is 0 Å². The molecule has 0 bridgehead atoms. The minimum atomic E-state index is -0.352. The van der Waals surface area contributed by atoms with E-state index in [0.29, 0.717) is 32.3 Å². The number of carbonyl (C=O) groups excluding carboxylic acids is 4. The van der Waals surface area contributed by atoms with E-state index < -0.39 is 0 Å². The second-order valence-corrected chi connectivity index (χ2v) is 17.7. The first-order valence-electron chi connectivity index (χ1n) is 19.7. The molecule has 4 saturated carbocycles. The molecule has 0 saturated heterocycles. The second-order valence-electron chi connectivity index (χ2n) is 16.1. The average molecular weight is 817 g/mol. The van der Waals surface area contributed by atoms with E-state index >= 15 is 0 Å². The summed E-state index contributed by atoms with van der Waals surface area (Å²) in [6.45, 7) is 9.81. The lowest BCUT2D eigenvalue weighted by molar-refractivity contribution is -0.223. The quantitative estimate of drug-likeness (QED) is 0.0496. The average Bonchev–Trinajstić information content (AvgIpc) is 3.43. The van der Waals surface area contributed by atoms with Gasteiger partial charge in [0.15, 0.2) is 0 Å². The Morgan fingerprint density at radius 3 is 2.14 bits per heavy atom. The standard InChI is InChI=1S/C39H65IN2O8/c1-5-7-8-9-21-47-33(43)14-13-30(40)27-11-12-28-37-29(24-32(39(27,28)4)50-36(46)17-20-42)38(3)18-15-26(48-35(45)16-19-41)22-25(38)23-31(37)49-34(44)10-6-2/h25-32,37H,5-24,41-42H2,1-4H3/t25-,26+,27+,28-,29-,30+,31+,32-,37-,38-,39+/m0/s1. The SMILES string of the molecule is CCCCCCOC(=O)CC[C@@H](I)[C@H]1CC[C@H]2[C@@H]3[C@H](OC(=O)CCC)C[C@@H]4C[C@H](OC(=O)CCN)CC[C@]4(C)[C@H]3C[C@H](OC(=O)CCN)[C@]12C. The first kappa shape index (κ1) is 41.3. The van der Waals surface area contributed by atoms with Gasteiger partial charge in [0.05, 0.1) is 19.4 Å². The Morgan fingerprint density at radius 1 is 0.760 bits per heavy atom. The van der Waals surface area contributed by atoms with Crippen LogP contribution in [0.25, 0.3) is 0 Å². The van der Waals surface area contributed by atoms with Gasteiger partial charge in [-0.2, -0.15) is 0 Å². The van der Waals surface area contributed by atoms with Crippen LogP contribution in [0.1, 0.15) is 137 Å². The Labute approximate surface area is 314 Å². The second kappa shape index (κ2) is 19.0. The maximum Gasteiger partial charge on any atom is 0.307 e. The van der Waals surface area contributed by atoms with Gasteiger partial charge in [0.1, 0.15) is 18.3 Å². The number of esters is 4. The molecule has 4 aliphatic rings. The van der Waals surface area contributed by atoms with E-state index in [1.807, 2.05) is 6.92 Å². The Balaban J connectivity index is 1.61. The number of alkyl halides is 1. The highest BCUT2D eigenvalue weighted by atomic mass is 127. The fraction of sp³-hybridized carbons (Fsp3) is 0.897. The van der Waals surface area contributed by atoms with Gasteiger partial charge in [-0.3, -0.25) is 19.2 Å². The van der Waals surface area contributed by atoms with Crippen LogP contribution >= 0.6 is 22.6 Å². The molecule has 4 rings (SSSR count). The predicted molar refractivity (Wildman–Crippen MR) is 200 cm³/mol. The molecule has 0 spiro atoms. The highest BCUT2D eigenvalue weighted by molar-refractivity contribution is 14.1. The zero-order chi connectivity index (χ0) is 36.5. The number of fused-ring (bicyclic) bond motifs is 5. The molecule has 0 aromatic heterocycles. The number of hydrogen-bond donors (Lipinski definition) is 2. The van der Waals surface area contributed by atoms with Gasteiger partial charge in [0.25, 0.3) is 0 Å². The molecule has 0 unspecified atom stereocenters.